The molecule has 0 aromatic rings. The highest BCUT2D eigenvalue weighted by Crippen LogP contribution is 2.71. The van der Waals surface area contributed by atoms with E-state index in [1.54, 1.807) is 28.8 Å². The number of amides is 3. The molecule has 35 heavy (non-hydrogen) atoms. The quantitative estimate of drug-likeness (QED) is 0.389. The van der Waals surface area contributed by atoms with Gasteiger partial charge in [0.2, 0.25) is 17.7 Å². The van der Waals surface area contributed by atoms with E-state index >= 15 is 0 Å². The van der Waals surface area contributed by atoms with Crippen molar-refractivity contribution < 1.29 is 19.5 Å². The lowest BCUT2D eigenvalue weighted by molar-refractivity contribution is -0.146. The molecule has 1 spiro atoms. The van der Waals surface area contributed by atoms with Gasteiger partial charge >= 0.3 is 0 Å². The third-order valence-corrected chi connectivity index (χ3v) is 10.1. The molecule has 2 bridgehead atoms. The molecule has 3 aliphatic heterocycles. The number of fused-ring (bicyclic) bond motifs is 1. The predicted octanol–water partition coefficient (Wildman–Crippen LogP) is 3.09. The highest BCUT2D eigenvalue weighted by Gasteiger charge is 2.77. The molecule has 0 aliphatic carbocycles. The van der Waals surface area contributed by atoms with Crippen LogP contribution in [0.1, 0.15) is 59.8 Å². The second-order valence-electron chi connectivity index (χ2n) is 10.5. The summed E-state index contributed by atoms with van der Waals surface area (Å²) in [7, 11) is 0. The number of β-amino-alcohol motifs (C(OH)–C–C–N with tert-alkyl or cyclic N) is 1. The van der Waals surface area contributed by atoms with E-state index < -0.39 is 27.4 Å². The Kier molecular flexibility index (Phi) is 8.79. The smallest absolute Gasteiger partial charge is 0.247 e. The average molecular weight is 506 g/mol. The Morgan fingerprint density at radius 1 is 1.20 bits per heavy atom. The van der Waals surface area contributed by atoms with Gasteiger partial charge < -0.3 is 19.8 Å². The molecule has 3 saturated heterocycles. The normalized spacial score (nSPS) is 31.9. The maximum absolute atomic E-state index is 14.2. The van der Waals surface area contributed by atoms with Gasteiger partial charge in [0.15, 0.2) is 0 Å². The summed E-state index contributed by atoms with van der Waals surface area (Å²) in [4.78, 5) is 47.3. The molecule has 0 aromatic carbocycles. The first kappa shape index (κ1) is 27.8. The molecule has 3 unspecified atom stereocenters. The zero-order valence-electron chi connectivity index (χ0n) is 21.9. The molecule has 3 heterocycles. The van der Waals surface area contributed by atoms with E-state index in [9.17, 15) is 19.5 Å². The Balaban J connectivity index is 2.06. The number of aliphatic hydroxyl groups excluding tert-OH is 1. The Hall–Kier alpha value is -1.80. The molecule has 1 N–H and O–H groups in total. The maximum Gasteiger partial charge on any atom is 0.247 e. The Bertz CT molecular complexity index is 850. The summed E-state index contributed by atoms with van der Waals surface area (Å²) in [5.74, 6) is -1.31. The average Bonchev–Trinajstić information content (AvgIpc) is 3.38. The summed E-state index contributed by atoms with van der Waals surface area (Å²) < 4.78 is -1.05. The van der Waals surface area contributed by atoms with Crippen LogP contribution in [0.3, 0.4) is 0 Å². The molecule has 3 amide bonds. The lowest BCUT2D eigenvalue weighted by Crippen LogP contribution is -2.57. The monoisotopic (exact) mass is 505 g/mol. The number of nitrogens with zero attached hydrogens (tertiary/aromatic N) is 3. The van der Waals surface area contributed by atoms with E-state index in [1.165, 1.54) is 0 Å². The fourth-order valence-electron chi connectivity index (χ4n) is 6.70. The van der Waals surface area contributed by atoms with E-state index in [-0.39, 0.29) is 36.9 Å². The number of hydrogen-bond donors (Lipinski definition) is 1. The first-order valence-electron chi connectivity index (χ1n) is 13.1. The standard InChI is InChI=1S/C27H43N3O4S/c1-7-11-19(5)29(16-10-4)25(34)22-27-13-12-26(6,35-27)20(21(27)24(33)30(22)17-18-31)23(32)28(14-8-2)15-9-3/h8,10,19-22,31H,2,4,7,9,11-18H2,1,3,5-6H3/t19?,20-,21-,22?,26+,27?/m0/s1. The van der Waals surface area contributed by atoms with E-state index in [0.717, 1.165) is 25.7 Å². The van der Waals surface area contributed by atoms with Crippen molar-refractivity contribution in [2.75, 3.05) is 32.8 Å². The fourth-order valence-corrected chi connectivity index (χ4v) is 9.04. The minimum Gasteiger partial charge on any atom is -0.395 e. The van der Waals surface area contributed by atoms with Crippen molar-refractivity contribution in [3.63, 3.8) is 0 Å². The molecular weight excluding hydrogens is 462 g/mol. The molecule has 7 nitrogen and oxygen atoms in total. The van der Waals surface area contributed by atoms with Crippen molar-refractivity contribution in [3.05, 3.63) is 25.3 Å². The maximum atomic E-state index is 14.2. The molecular formula is C27H43N3O4S. The molecule has 3 rings (SSSR count). The molecule has 6 atom stereocenters. The van der Waals surface area contributed by atoms with Crippen molar-refractivity contribution in [3.8, 4) is 0 Å². The molecule has 0 saturated carbocycles. The lowest BCUT2D eigenvalue weighted by atomic mass is 9.66. The van der Waals surface area contributed by atoms with E-state index in [4.69, 9.17) is 0 Å². The number of aliphatic hydroxyl groups is 1. The predicted molar refractivity (Wildman–Crippen MR) is 141 cm³/mol. The molecule has 8 heteroatoms. The van der Waals surface area contributed by atoms with Crippen LogP contribution in [0, 0.1) is 11.8 Å². The van der Waals surface area contributed by atoms with Gasteiger partial charge in [0.1, 0.15) is 6.04 Å². The minimum atomic E-state index is -0.685. The summed E-state index contributed by atoms with van der Waals surface area (Å²) in [6, 6.07) is -0.675. The van der Waals surface area contributed by atoms with Gasteiger partial charge in [-0.2, -0.15) is 0 Å². The van der Waals surface area contributed by atoms with Gasteiger partial charge in [0, 0.05) is 37.0 Å². The van der Waals surface area contributed by atoms with Gasteiger partial charge in [0.05, 0.1) is 23.2 Å². The highest BCUT2D eigenvalue weighted by molar-refractivity contribution is 8.02. The fraction of sp³-hybridized carbons (Fsp3) is 0.741. The van der Waals surface area contributed by atoms with E-state index in [2.05, 4.69) is 27.0 Å². The van der Waals surface area contributed by atoms with Crippen molar-refractivity contribution >= 4 is 29.5 Å². The number of carbonyl (C=O) groups is 3. The number of carbonyl (C=O) groups excluding carboxylic acids is 3. The van der Waals surface area contributed by atoms with Gasteiger partial charge in [-0.15, -0.1) is 24.9 Å². The van der Waals surface area contributed by atoms with Gasteiger partial charge in [-0.05, 0) is 39.5 Å². The number of likely N-dealkylation sites (tertiary alicyclic amines) is 1. The Morgan fingerprint density at radius 3 is 2.46 bits per heavy atom. The van der Waals surface area contributed by atoms with Crippen LogP contribution in [0.25, 0.3) is 0 Å². The Morgan fingerprint density at radius 2 is 1.89 bits per heavy atom. The SMILES string of the molecule is C=CCN(CCC)C(=O)[C@@H]1[C@H]2C(=O)N(CCO)C(C(=O)N(CC=C)C(C)CCC)C23CC[C@@]1(C)S3. The summed E-state index contributed by atoms with van der Waals surface area (Å²) in [6.07, 6.45) is 7.59. The van der Waals surface area contributed by atoms with Gasteiger partial charge in [0.25, 0.3) is 0 Å². The number of hydrogen-bond acceptors (Lipinski definition) is 5. The van der Waals surface area contributed by atoms with Crippen LogP contribution in [0.2, 0.25) is 0 Å². The van der Waals surface area contributed by atoms with Crippen LogP contribution in [0.4, 0.5) is 0 Å². The van der Waals surface area contributed by atoms with Crippen LogP contribution in [-0.2, 0) is 14.4 Å². The second-order valence-corrected chi connectivity index (χ2v) is 12.4. The highest BCUT2D eigenvalue weighted by atomic mass is 32.2. The molecule has 3 aliphatic rings. The summed E-state index contributed by atoms with van der Waals surface area (Å²) in [6.45, 7) is 17.3. The van der Waals surface area contributed by atoms with Crippen LogP contribution >= 0.6 is 11.8 Å². The van der Waals surface area contributed by atoms with Gasteiger partial charge in [-0.25, -0.2) is 0 Å². The zero-order valence-corrected chi connectivity index (χ0v) is 22.7. The number of rotatable bonds is 13. The van der Waals surface area contributed by atoms with Crippen molar-refractivity contribution in [2.45, 2.75) is 81.4 Å². The Labute approximate surface area is 215 Å². The van der Waals surface area contributed by atoms with Crippen LogP contribution < -0.4 is 0 Å². The zero-order chi connectivity index (χ0) is 26.0. The summed E-state index contributed by atoms with van der Waals surface area (Å²) in [5, 5.41) is 9.84. The molecule has 196 valence electrons. The first-order chi connectivity index (χ1) is 16.7. The van der Waals surface area contributed by atoms with Crippen molar-refractivity contribution in [2.24, 2.45) is 11.8 Å². The minimum absolute atomic E-state index is 0.0104. The topological polar surface area (TPSA) is 81.2 Å². The van der Waals surface area contributed by atoms with Crippen LogP contribution in [-0.4, -0.2) is 91.9 Å². The molecule has 0 aromatic heterocycles. The van der Waals surface area contributed by atoms with Crippen LogP contribution in [0.5, 0.6) is 0 Å². The third-order valence-electron chi connectivity index (χ3n) is 8.12. The van der Waals surface area contributed by atoms with Crippen molar-refractivity contribution in [1.29, 1.82) is 0 Å². The molecule has 0 radical (unpaired) electrons. The summed E-state index contributed by atoms with van der Waals surface area (Å²) in [5.41, 5.74) is 0. The van der Waals surface area contributed by atoms with Gasteiger partial charge in [-0.1, -0.05) is 32.4 Å². The van der Waals surface area contributed by atoms with Crippen LogP contribution in [0.15, 0.2) is 25.3 Å². The van der Waals surface area contributed by atoms with E-state index in [1.807, 2.05) is 23.6 Å². The lowest BCUT2D eigenvalue weighted by Gasteiger charge is -2.39. The third kappa shape index (κ3) is 4.57. The van der Waals surface area contributed by atoms with Gasteiger partial charge in [-0.3, -0.25) is 14.4 Å². The number of thioether (sulfide) groups is 1. The molecule has 3 fully saturated rings. The largest absolute Gasteiger partial charge is 0.395 e. The van der Waals surface area contributed by atoms with E-state index in [0.29, 0.717) is 26.1 Å². The summed E-state index contributed by atoms with van der Waals surface area (Å²) >= 11 is 1.68. The van der Waals surface area contributed by atoms with Crippen molar-refractivity contribution in [1.82, 2.24) is 14.7 Å². The second kappa shape index (κ2) is 11.1. The first-order valence-corrected chi connectivity index (χ1v) is 13.9.